The van der Waals surface area contributed by atoms with E-state index in [4.69, 9.17) is 9.84 Å². The molecular weight excluding hydrogens is 444 g/mol. The Labute approximate surface area is 206 Å². The van der Waals surface area contributed by atoms with Crippen LogP contribution in [0.25, 0.3) is 11.1 Å². The molecule has 1 saturated carbocycles. The van der Waals surface area contributed by atoms with Crippen LogP contribution in [0, 0.1) is 11.3 Å². The third-order valence-electron chi connectivity index (χ3n) is 7.92. The summed E-state index contributed by atoms with van der Waals surface area (Å²) in [6.45, 7) is 7.40. The quantitative estimate of drug-likeness (QED) is 0.510. The molecule has 186 valence electrons. The summed E-state index contributed by atoms with van der Waals surface area (Å²) in [7, 11) is 0. The van der Waals surface area contributed by atoms with Crippen molar-refractivity contribution in [3.05, 3.63) is 59.7 Å². The second kappa shape index (κ2) is 9.36. The lowest BCUT2D eigenvalue weighted by Crippen LogP contribution is -2.61. The van der Waals surface area contributed by atoms with Gasteiger partial charge in [-0.25, -0.2) is 4.79 Å². The highest BCUT2D eigenvalue weighted by atomic mass is 16.5. The zero-order valence-electron chi connectivity index (χ0n) is 20.8. The van der Waals surface area contributed by atoms with Crippen LogP contribution in [0.4, 0.5) is 4.79 Å². The van der Waals surface area contributed by atoms with Crippen molar-refractivity contribution in [1.29, 1.82) is 0 Å². The van der Waals surface area contributed by atoms with Crippen LogP contribution < -0.4 is 10.6 Å². The first-order valence-electron chi connectivity index (χ1n) is 12.2. The number of fused-ring (bicyclic) bond motifs is 3. The lowest BCUT2D eigenvalue weighted by atomic mass is 9.72. The summed E-state index contributed by atoms with van der Waals surface area (Å²) in [6, 6.07) is 16.3. The fourth-order valence-electron chi connectivity index (χ4n) is 4.96. The highest BCUT2D eigenvalue weighted by molar-refractivity contribution is 5.85. The largest absolute Gasteiger partial charge is 0.481 e. The number of aliphatic carboxylic acids is 1. The minimum Gasteiger partial charge on any atom is -0.481 e. The first-order valence-corrected chi connectivity index (χ1v) is 12.2. The van der Waals surface area contributed by atoms with Gasteiger partial charge in [-0.05, 0) is 68.7 Å². The fourth-order valence-corrected chi connectivity index (χ4v) is 4.96. The molecule has 0 unspecified atom stereocenters. The molecule has 0 heterocycles. The van der Waals surface area contributed by atoms with E-state index in [9.17, 15) is 14.4 Å². The number of hydrogen-bond donors (Lipinski definition) is 3. The predicted octanol–water partition coefficient (Wildman–Crippen LogP) is 4.70. The molecule has 3 N–H and O–H groups in total. The number of amides is 2. The Bertz CT molecular complexity index is 1090. The molecule has 1 fully saturated rings. The van der Waals surface area contributed by atoms with Gasteiger partial charge in [-0.15, -0.1) is 0 Å². The first-order chi connectivity index (χ1) is 16.5. The summed E-state index contributed by atoms with van der Waals surface area (Å²) >= 11 is 0. The van der Waals surface area contributed by atoms with Crippen molar-refractivity contribution in [1.82, 2.24) is 10.6 Å². The number of carboxylic acids is 1. The van der Waals surface area contributed by atoms with E-state index in [0.717, 1.165) is 22.3 Å². The zero-order valence-corrected chi connectivity index (χ0v) is 20.8. The van der Waals surface area contributed by atoms with Gasteiger partial charge in [0.2, 0.25) is 5.91 Å². The second-order valence-corrected chi connectivity index (χ2v) is 10.8. The zero-order chi connectivity index (χ0) is 25.4. The standard InChI is InChI=1S/C28H34N2O5/c1-27(2,25(33)29-18-13-17(14-18)15-24(31)32)28(3,4)30-26(34)35-16-23-21-11-7-5-9-19(21)20-10-6-8-12-22(20)23/h5-12,17-18,23H,13-16H2,1-4H3,(H,29,33)(H,30,34)(H,31,32). The van der Waals surface area contributed by atoms with Crippen molar-refractivity contribution >= 4 is 18.0 Å². The number of rotatable bonds is 8. The Morgan fingerprint density at radius 1 is 0.943 bits per heavy atom. The molecule has 2 aromatic carbocycles. The van der Waals surface area contributed by atoms with Gasteiger partial charge in [0, 0.05) is 18.4 Å². The maximum Gasteiger partial charge on any atom is 0.407 e. The summed E-state index contributed by atoms with van der Waals surface area (Å²) < 4.78 is 5.68. The molecule has 0 aliphatic heterocycles. The molecule has 7 nitrogen and oxygen atoms in total. The molecule has 4 rings (SSSR count). The third kappa shape index (κ3) is 4.90. The highest BCUT2D eigenvalue weighted by Gasteiger charge is 2.46. The highest BCUT2D eigenvalue weighted by Crippen LogP contribution is 2.44. The first kappa shape index (κ1) is 24.8. The smallest absolute Gasteiger partial charge is 0.407 e. The summed E-state index contributed by atoms with van der Waals surface area (Å²) in [5, 5.41) is 14.8. The Morgan fingerprint density at radius 3 is 2.03 bits per heavy atom. The molecule has 2 aliphatic carbocycles. The molecular formula is C28H34N2O5. The molecule has 0 saturated heterocycles. The van der Waals surface area contributed by atoms with Crippen LogP contribution >= 0.6 is 0 Å². The van der Waals surface area contributed by atoms with Gasteiger partial charge >= 0.3 is 12.1 Å². The van der Waals surface area contributed by atoms with Crippen molar-refractivity contribution in [3.63, 3.8) is 0 Å². The Hall–Kier alpha value is -3.35. The van der Waals surface area contributed by atoms with Crippen LogP contribution in [-0.4, -0.2) is 41.3 Å². The van der Waals surface area contributed by atoms with Crippen LogP contribution in [0.5, 0.6) is 0 Å². The molecule has 0 bridgehead atoms. The number of hydrogen-bond acceptors (Lipinski definition) is 4. The average molecular weight is 479 g/mol. The molecule has 0 aromatic heterocycles. The van der Waals surface area contributed by atoms with Crippen molar-refractivity contribution in [2.75, 3.05) is 6.61 Å². The van der Waals surface area contributed by atoms with E-state index in [1.165, 1.54) is 0 Å². The number of alkyl carbamates (subject to hydrolysis) is 1. The molecule has 35 heavy (non-hydrogen) atoms. The Balaban J connectivity index is 1.34. The van der Waals surface area contributed by atoms with Gasteiger partial charge in [0.05, 0.1) is 11.0 Å². The van der Waals surface area contributed by atoms with Crippen molar-refractivity contribution in [2.45, 2.75) is 64.5 Å². The monoisotopic (exact) mass is 478 g/mol. The maximum absolute atomic E-state index is 13.0. The van der Waals surface area contributed by atoms with Gasteiger partial charge in [-0.3, -0.25) is 9.59 Å². The normalized spacial score (nSPS) is 19.2. The minimum atomic E-state index is -0.920. The summed E-state index contributed by atoms with van der Waals surface area (Å²) in [5.41, 5.74) is 2.80. The molecule has 0 spiro atoms. The number of carbonyl (C=O) groups excluding carboxylic acids is 2. The summed E-state index contributed by atoms with van der Waals surface area (Å²) in [5.74, 6) is -0.924. The topological polar surface area (TPSA) is 105 Å². The van der Waals surface area contributed by atoms with E-state index in [1.54, 1.807) is 13.8 Å². The van der Waals surface area contributed by atoms with E-state index < -0.39 is 23.0 Å². The number of carboxylic acid groups (broad SMARTS) is 1. The van der Waals surface area contributed by atoms with Crippen LogP contribution in [-0.2, 0) is 14.3 Å². The van der Waals surface area contributed by atoms with E-state index in [2.05, 4.69) is 34.9 Å². The average Bonchev–Trinajstić information content (AvgIpc) is 3.09. The van der Waals surface area contributed by atoms with Crippen molar-refractivity contribution in [3.8, 4) is 11.1 Å². The number of carbonyl (C=O) groups is 3. The molecule has 2 aliphatic rings. The maximum atomic E-state index is 13.0. The lowest BCUT2D eigenvalue weighted by molar-refractivity contribution is -0.139. The van der Waals surface area contributed by atoms with E-state index in [1.807, 2.05) is 38.1 Å². The number of ether oxygens (including phenoxy) is 1. The van der Waals surface area contributed by atoms with Gasteiger partial charge < -0.3 is 20.5 Å². The molecule has 0 atom stereocenters. The van der Waals surface area contributed by atoms with Crippen LogP contribution in [0.15, 0.2) is 48.5 Å². The van der Waals surface area contributed by atoms with E-state index in [0.29, 0.717) is 12.8 Å². The van der Waals surface area contributed by atoms with Gasteiger partial charge in [0.25, 0.3) is 0 Å². The van der Waals surface area contributed by atoms with Gasteiger partial charge in [-0.2, -0.15) is 0 Å². The summed E-state index contributed by atoms with van der Waals surface area (Å²) in [6.07, 6.45) is 0.885. The van der Waals surface area contributed by atoms with Crippen LogP contribution in [0.1, 0.15) is 64.0 Å². The molecule has 7 heteroatoms. The van der Waals surface area contributed by atoms with Crippen molar-refractivity contribution in [2.24, 2.45) is 11.3 Å². The predicted molar refractivity (Wildman–Crippen MR) is 133 cm³/mol. The number of nitrogens with one attached hydrogen (secondary N) is 2. The molecule has 2 amide bonds. The SMILES string of the molecule is CC(C)(NC(=O)OCC1c2ccccc2-c2ccccc21)C(C)(C)C(=O)NC1CC(CC(=O)O)C1. The van der Waals surface area contributed by atoms with Crippen molar-refractivity contribution < 1.29 is 24.2 Å². The third-order valence-corrected chi connectivity index (χ3v) is 7.92. The van der Waals surface area contributed by atoms with E-state index in [-0.39, 0.29) is 36.8 Å². The number of benzene rings is 2. The minimum absolute atomic E-state index is 0.0311. The van der Waals surface area contributed by atoms with Gasteiger partial charge in [0.15, 0.2) is 0 Å². The lowest BCUT2D eigenvalue weighted by Gasteiger charge is -2.43. The molecule has 0 radical (unpaired) electrons. The Morgan fingerprint density at radius 2 is 1.49 bits per heavy atom. The Kier molecular flexibility index (Phi) is 6.62. The van der Waals surface area contributed by atoms with E-state index >= 15 is 0 Å². The van der Waals surface area contributed by atoms with Gasteiger partial charge in [0.1, 0.15) is 6.61 Å². The fraction of sp³-hybridized carbons (Fsp3) is 0.464. The second-order valence-electron chi connectivity index (χ2n) is 10.8. The van der Waals surface area contributed by atoms with Crippen LogP contribution in [0.2, 0.25) is 0 Å². The summed E-state index contributed by atoms with van der Waals surface area (Å²) in [4.78, 5) is 36.7. The van der Waals surface area contributed by atoms with Gasteiger partial charge in [-0.1, -0.05) is 48.5 Å². The van der Waals surface area contributed by atoms with Crippen LogP contribution in [0.3, 0.4) is 0 Å². The molecule has 2 aromatic rings.